The molecule has 30 heavy (non-hydrogen) atoms. The number of hydrogen-bond donors (Lipinski definition) is 0. The molecule has 0 spiro atoms. The number of ether oxygens (including phenoxy) is 1. The highest BCUT2D eigenvalue weighted by Crippen LogP contribution is 2.22. The van der Waals surface area contributed by atoms with Crippen molar-refractivity contribution in [2.75, 3.05) is 13.1 Å². The van der Waals surface area contributed by atoms with Gasteiger partial charge in [0, 0.05) is 18.7 Å². The second-order valence-electron chi connectivity index (χ2n) is 7.26. The minimum atomic E-state index is -3.71. The number of sulfonamides is 1. The van der Waals surface area contributed by atoms with Crippen molar-refractivity contribution in [1.29, 1.82) is 0 Å². The maximum atomic E-state index is 13.0. The first-order valence-corrected chi connectivity index (χ1v) is 11.3. The van der Waals surface area contributed by atoms with Crippen LogP contribution in [0.15, 0.2) is 53.4 Å². The van der Waals surface area contributed by atoms with Crippen LogP contribution in [0.5, 0.6) is 0 Å². The largest absolute Gasteiger partial charge is 0.451 e. The summed E-state index contributed by atoms with van der Waals surface area (Å²) < 4.78 is 45.6. The second-order valence-corrected chi connectivity index (χ2v) is 9.20. The summed E-state index contributed by atoms with van der Waals surface area (Å²) in [7, 11) is -3.71. The SMILES string of the molecule is C[C@@H](OC(=O)c1cccc(S(=O)(=O)N2CCCCCC2)c1)C(=O)c1ccc(F)cc1. The Labute approximate surface area is 175 Å². The molecule has 8 heteroatoms. The van der Waals surface area contributed by atoms with Crippen LogP contribution in [0.4, 0.5) is 4.39 Å². The lowest BCUT2D eigenvalue weighted by molar-refractivity contribution is 0.0318. The van der Waals surface area contributed by atoms with E-state index in [1.807, 2.05) is 0 Å². The monoisotopic (exact) mass is 433 g/mol. The van der Waals surface area contributed by atoms with E-state index in [9.17, 15) is 22.4 Å². The average Bonchev–Trinajstić information content (AvgIpc) is 3.04. The van der Waals surface area contributed by atoms with E-state index in [-0.39, 0.29) is 16.0 Å². The summed E-state index contributed by atoms with van der Waals surface area (Å²) in [5, 5.41) is 0. The van der Waals surface area contributed by atoms with Crippen LogP contribution in [0.25, 0.3) is 0 Å². The molecule has 160 valence electrons. The summed E-state index contributed by atoms with van der Waals surface area (Å²) >= 11 is 0. The minimum Gasteiger partial charge on any atom is -0.451 e. The van der Waals surface area contributed by atoms with Crippen molar-refractivity contribution >= 4 is 21.8 Å². The maximum Gasteiger partial charge on any atom is 0.338 e. The van der Waals surface area contributed by atoms with E-state index in [0.717, 1.165) is 37.8 Å². The van der Waals surface area contributed by atoms with Gasteiger partial charge in [0.05, 0.1) is 10.5 Å². The Bertz CT molecular complexity index is 1010. The van der Waals surface area contributed by atoms with Crippen LogP contribution in [-0.2, 0) is 14.8 Å². The summed E-state index contributed by atoms with van der Waals surface area (Å²) in [4.78, 5) is 24.9. The molecule has 0 aromatic heterocycles. The Morgan fingerprint density at radius 2 is 1.60 bits per heavy atom. The van der Waals surface area contributed by atoms with E-state index in [4.69, 9.17) is 4.74 Å². The predicted octanol–water partition coefficient (Wildman–Crippen LogP) is 3.82. The summed E-state index contributed by atoms with van der Waals surface area (Å²) in [6, 6.07) is 10.6. The summed E-state index contributed by atoms with van der Waals surface area (Å²) in [6.45, 7) is 2.34. The Balaban J connectivity index is 1.74. The number of Topliss-reactive ketones (excluding diaryl/α,β-unsaturated/α-hetero) is 1. The zero-order chi connectivity index (χ0) is 21.7. The molecule has 2 aromatic rings. The van der Waals surface area contributed by atoms with Crippen LogP contribution >= 0.6 is 0 Å². The maximum absolute atomic E-state index is 13.0. The smallest absolute Gasteiger partial charge is 0.338 e. The topological polar surface area (TPSA) is 80.8 Å². The molecule has 3 rings (SSSR count). The van der Waals surface area contributed by atoms with Crippen molar-refractivity contribution in [2.45, 2.75) is 43.6 Å². The van der Waals surface area contributed by atoms with E-state index < -0.39 is 33.7 Å². The predicted molar refractivity (Wildman–Crippen MR) is 109 cm³/mol. The number of ketones is 1. The standard InChI is InChI=1S/C22H24FNO5S/c1-16(21(25)17-9-11-19(23)12-10-17)29-22(26)18-7-6-8-20(15-18)30(27,28)24-13-4-2-3-5-14-24/h6-12,15-16H,2-5,13-14H2,1H3/t16-/m1/s1. The van der Waals surface area contributed by atoms with Gasteiger partial charge < -0.3 is 4.74 Å². The number of nitrogens with zero attached hydrogens (tertiary/aromatic N) is 1. The van der Waals surface area contributed by atoms with Gasteiger partial charge in [-0.1, -0.05) is 18.9 Å². The first-order valence-electron chi connectivity index (χ1n) is 9.90. The normalized spacial score (nSPS) is 16.5. The third kappa shape index (κ3) is 5.12. The first-order chi connectivity index (χ1) is 14.3. The quantitative estimate of drug-likeness (QED) is 0.511. The molecule has 2 aromatic carbocycles. The zero-order valence-electron chi connectivity index (χ0n) is 16.7. The number of halogens is 1. The highest BCUT2D eigenvalue weighted by Gasteiger charge is 2.27. The molecule has 0 bridgehead atoms. The van der Waals surface area contributed by atoms with Crippen molar-refractivity contribution in [2.24, 2.45) is 0 Å². The van der Waals surface area contributed by atoms with Crippen LogP contribution in [0.2, 0.25) is 0 Å². The number of carbonyl (C=O) groups excluding carboxylic acids is 2. The van der Waals surface area contributed by atoms with Crippen molar-refractivity contribution in [3.63, 3.8) is 0 Å². The van der Waals surface area contributed by atoms with Gasteiger partial charge in [-0.15, -0.1) is 0 Å². The number of carbonyl (C=O) groups is 2. The molecule has 0 radical (unpaired) electrons. The van der Waals surface area contributed by atoms with Gasteiger partial charge in [0.2, 0.25) is 15.8 Å². The molecule has 1 heterocycles. The number of benzene rings is 2. The fraction of sp³-hybridized carbons (Fsp3) is 0.364. The van der Waals surface area contributed by atoms with E-state index in [2.05, 4.69) is 0 Å². The van der Waals surface area contributed by atoms with Gasteiger partial charge in [-0.3, -0.25) is 4.79 Å². The number of esters is 1. The van der Waals surface area contributed by atoms with Gasteiger partial charge in [0.25, 0.3) is 0 Å². The summed E-state index contributed by atoms with van der Waals surface area (Å²) in [6.07, 6.45) is 2.51. The van der Waals surface area contributed by atoms with Gasteiger partial charge >= 0.3 is 5.97 Å². The van der Waals surface area contributed by atoms with Crippen molar-refractivity contribution in [3.05, 3.63) is 65.5 Å². The lowest BCUT2D eigenvalue weighted by Crippen LogP contribution is -2.32. The molecule has 0 saturated carbocycles. The third-order valence-electron chi connectivity index (χ3n) is 5.05. The van der Waals surface area contributed by atoms with E-state index >= 15 is 0 Å². The summed E-state index contributed by atoms with van der Waals surface area (Å²) in [5.41, 5.74) is 0.263. The average molecular weight is 434 g/mol. The van der Waals surface area contributed by atoms with Gasteiger partial charge in [0.15, 0.2) is 6.10 Å². The highest BCUT2D eigenvalue weighted by atomic mass is 32.2. The van der Waals surface area contributed by atoms with Crippen LogP contribution in [0.3, 0.4) is 0 Å². The minimum absolute atomic E-state index is 0.0244. The van der Waals surface area contributed by atoms with Crippen LogP contribution < -0.4 is 0 Å². The van der Waals surface area contributed by atoms with Gasteiger partial charge in [-0.05, 0) is 62.2 Å². The lowest BCUT2D eigenvalue weighted by atomic mass is 10.1. The van der Waals surface area contributed by atoms with E-state index in [0.29, 0.717) is 13.1 Å². The molecule has 0 aliphatic carbocycles. The van der Waals surface area contributed by atoms with Gasteiger partial charge in [0.1, 0.15) is 5.82 Å². The Hall–Kier alpha value is -2.58. The Morgan fingerprint density at radius 3 is 2.23 bits per heavy atom. The molecular formula is C22H24FNO5S. The van der Waals surface area contributed by atoms with Crippen molar-refractivity contribution in [3.8, 4) is 0 Å². The lowest BCUT2D eigenvalue weighted by Gasteiger charge is -2.20. The molecule has 1 atom stereocenters. The fourth-order valence-corrected chi connectivity index (χ4v) is 4.91. The van der Waals surface area contributed by atoms with Gasteiger partial charge in [-0.25, -0.2) is 17.6 Å². The molecule has 1 aliphatic rings. The number of hydrogen-bond acceptors (Lipinski definition) is 5. The summed E-state index contributed by atoms with van der Waals surface area (Å²) in [5.74, 6) is -1.75. The first kappa shape index (κ1) is 22.1. The van der Waals surface area contributed by atoms with Crippen molar-refractivity contribution < 1.29 is 27.1 Å². The molecule has 0 N–H and O–H groups in total. The molecule has 0 unspecified atom stereocenters. The zero-order valence-corrected chi connectivity index (χ0v) is 17.5. The highest BCUT2D eigenvalue weighted by molar-refractivity contribution is 7.89. The molecular weight excluding hydrogens is 409 g/mol. The number of rotatable bonds is 6. The fourth-order valence-electron chi connectivity index (χ4n) is 3.35. The second kappa shape index (κ2) is 9.49. The van der Waals surface area contributed by atoms with Crippen LogP contribution in [0.1, 0.15) is 53.3 Å². The van der Waals surface area contributed by atoms with Crippen LogP contribution in [0, 0.1) is 5.82 Å². The molecule has 1 fully saturated rings. The Morgan fingerprint density at radius 1 is 0.967 bits per heavy atom. The molecule has 1 aliphatic heterocycles. The van der Waals surface area contributed by atoms with E-state index in [1.165, 1.54) is 47.6 Å². The van der Waals surface area contributed by atoms with E-state index in [1.54, 1.807) is 0 Å². The molecule has 6 nitrogen and oxygen atoms in total. The van der Waals surface area contributed by atoms with Crippen LogP contribution in [-0.4, -0.2) is 43.7 Å². The van der Waals surface area contributed by atoms with Gasteiger partial charge in [-0.2, -0.15) is 4.31 Å². The van der Waals surface area contributed by atoms with Crippen molar-refractivity contribution in [1.82, 2.24) is 4.31 Å². The molecule has 1 saturated heterocycles. The third-order valence-corrected chi connectivity index (χ3v) is 6.95. The molecule has 0 amide bonds. The Kier molecular flexibility index (Phi) is 6.99.